The van der Waals surface area contributed by atoms with Gasteiger partial charge in [0.25, 0.3) is 5.91 Å². The van der Waals surface area contributed by atoms with Crippen LogP contribution in [-0.4, -0.2) is 39.2 Å². The number of rotatable bonds is 4. The molecule has 4 aromatic rings. The molecule has 31 heavy (non-hydrogen) atoms. The molecule has 1 aliphatic rings. The molecular formula is C23H23N7O. The van der Waals surface area contributed by atoms with Crippen LogP contribution in [0.1, 0.15) is 29.8 Å². The van der Waals surface area contributed by atoms with Crippen molar-refractivity contribution in [3.8, 4) is 11.1 Å². The number of aromatic nitrogens is 4. The van der Waals surface area contributed by atoms with Gasteiger partial charge in [-0.3, -0.25) is 14.9 Å². The van der Waals surface area contributed by atoms with E-state index in [1.165, 1.54) is 19.3 Å². The minimum absolute atomic E-state index is 0.273. The molecule has 0 unspecified atom stereocenters. The molecule has 4 heterocycles. The standard InChI is InChI=1S/C23H23N7O/c24-17-10-16(13-25-14-17)15-4-5-20-19(11-15)22(29-28-20)23(31)27-18-6-7-26-21(12-18)30-8-2-1-3-9-30/h4-7,10-14H,1-3,8-9,24H2,(H,28,29)(H,26,27,31). The van der Waals surface area contributed by atoms with Crippen LogP contribution in [-0.2, 0) is 0 Å². The number of aromatic amines is 1. The van der Waals surface area contributed by atoms with Gasteiger partial charge >= 0.3 is 0 Å². The van der Waals surface area contributed by atoms with E-state index in [4.69, 9.17) is 5.73 Å². The van der Waals surface area contributed by atoms with Crippen LogP contribution in [0.15, 0.2) is 55.0 Å². The highest BCUT2D eigenvalue weighted by molar-refractivity contribution is 6.11. The monoisotopic (exact) mass is 413 g/mol. The van der Waals surface area contributed by atoms with E-state index in [2.05, 4.69) is 30.4 Å². The molecule has 0 saturated carbocycles. The van der Waals surface area contributed by atoms with Gasteiger partial charge in [0.05, 0.1) is 11.2 Å². The third kappa shape index (κ3) is 3.92. The van der Waals surface area contributed by atoms with E-state index in [9.17, 15) is 4.79 Å². The highest BCUT2D eigenvalue weighted by Crippen LogP contribution is 2.27. The predicted molar refractivity (Wildman–Crippen MR) is 122 cm³/mol. The molecule has 1 fully saturated rings. The maximum atomic E-state index is 13.0. The number of anilines is 3. The van der Waals surface area contributed by atoms with Gasteiger partial charge in [0.1, 0.15) is 5.82 Å². The molecule has 3 aromatic heterocycles. The quantitative estimate of drug-likeness (QED) is 0.468. The average Bonchev–Trinajstić information content (AvgIpc) is 3.23. The number of fused-ring (bicyclic) bond motifs is 1. The summed E-state index contributed by atoms with van der Waals surface area (Å²) in [5, 5.41) is 10.9. The van der Waals surface area contributed by atoms with E-state index in [1.807, 2.05) is 30.3 Å². The van der Waals surface area contributed by atoms with Crippen LogP contribution in [0.2, 0.25) is 0 Å². The van der Waals surface area contributed by atoms with Gasteiger partial charge in [-0.05, 0) is 49.1 Å². The molecule has 156 valence electrons. The first-order valence-electron chi connectivity index (χ1n) is 10.4. The summed E-state index contributed by atoms with van der Waals surface area (Å²) in [6.45, 7) is 1.99. The van der Waals surface area contributed by atoms with Crippen LogP contribution in [0.4, 0.5) is 17.2 Å². The Labute approximate surface area is 179 Å². The lowest BCUT2D eigenvalue weighted by molar-refractivity contribution is 0.102. The van der Waals surface area contributed by atoms with Crippen molar-refractivity contribution >= 4 is 34.0 Å². The van der Waals surface area contributed by atoms with Crippen molar-refractivity contribution in [3.63, 3.8) is 0 Å². The number of H-pyrrole nitrogens is 1. The Morgan fingerprint density at radius 2 is 1.90 bits per heavy atom. The molecule has 5 rings (SSSR count). The maximum absolute atomic E-state index is 13.0. The Morgan fingerprint density at radius 1 is 1.03 bits per heavy atom. The molecule has 0 bridgehead atoms. The maximum Gasteiger partial charge on any atom is 0.276 e. The van der Waals surface area contributed by atoms with Crippen LogP contribution in [0.25, 0.3) is 22.0 Å². The Morgan fingerprint density at radius 3 is 2.74 bits per heavy atom. The number of nitrogens with two attached hydrogens (primary N) is 1. The van der Waals surface area contributed by atoms with Crippen molar-refractivity contribution in [1.29, 1.82) is 0 Å². The minimum atomic E-state index is -0.273. The number of hydrogen-bond acceptors (Lipinski definition) is 6. The molecule has 1 aliphatic heterocycles. The highest BCUT2D eigenvalue weighted by atomic mass is 16.1. The fourth-order valence-electron chi connectivity index (χ4n) is 3.96. The van der Waals surface area contributed by atoms with Crippen molar-refractivity contribution in [2.24, 2.45) is 0 Å². The Bertz CT molecular complexity index is 1240. The lowest BCUT2D eigenvalue weighted by atomic mass is 10.0. The molecule has 0 spiro atoms. The average molecular weight is 413 g/mol. The number of piperidine rings is 1. The zero-order valence-electron chi connectivity index (χ0n) is 17.0. The summed E-state index contributed by atoms with van der Waals surface area (Å²) < 4.78 is 0. The first-order chi connectivity index (χ1) is 15.2. The van der Waals surface area contributed by atoms with Crippen LogP contribution in [0.3, 0.4) is 0 Å². The van der Waals surface area contributed by atoms with Crippen molar-refractivity contribution in [2.75, 3.05) is 29.0 Å². The van der Waals surface area contributed by atoms with Crippen LogP contribution < -0.4 is 16.0 Å². The van der Waals surface area contributed by atoms with E-state index in [0.717, 1.165) is 40.9 Å². The number of carbonyl (C=O) groups is 1. The molecule has 1 amide bonds. The largest absolute Gasteiger partial charge is 0.397 e. The number of hydrogen-bond donors (Lipinski definition) is 3. The summed E-state index contributed by atoms with van der Waals surface area (Å²) >= 11 is 0. The first kappa shape index (κ1) is 19.0. The minimum Gasteiger partial charge on any atom is -0.397 e. The summed E-state index contributed by atoms with van der Waals surface area (Å²) in [6.07, 6.45) is 8.67. The number of pyridine rings is 2. The van der Waals surface area contributed by atoms with Crippen LogP contribution in [0, 0.1) is 0 Å². The van der Waals surface area contributed by atoms with Gasteiger partial charge in [0, 0.05) is 54.4 Å². The zero-order chi connectivity index (χ0) is 21.2. The van der Waals surface area contributed by atoms with Gasteiger partial charge in [-0.1, -0.05) is 6.07 Å². The van der Waals surface area contributed by atoms with Crippen LogP contribution >= 0.6 is 0 Å². The predicted octanol–water partition coefficient (Wildman–Crippen LogP) is 3.84. The summed E-state index contributed by atoms with van der Waals surface area (Å²) in [4.78, 5) is 23.9. The van der Waals surface area contributed by atoms with Gasteiger partial charge in [0.15, 0.2) is 5.69 Å². The third-order valence-electron chi connectivity index (χ3n) is 5.55. The van der Waals surface area contributed by atoms with E-state index in [-0.39, 0.29) is 5.91 Å². The van der Waals surface area contributed by atoms with Crippen molar-refractivity contribution in [3.05, 3.63) is 60.7 Å². The van der Waals surface area contributed by atoms with Gasteiger partial charge in [-0.15, -0.1) is 0 Å². The fourth-order valence-corrected chi connectivity index (χ4v) is 3.96. The van der Waals surface area contributed by atoms with E-state index >= 15 is 0 Å². The molecule has 1 aromatic carbocycles. The molecule has 1 saturated heterocycles. The fraction of sp³-hybridized carbons (Fsp3) is 0.217. The SMILES string of the molecule is Nc1cncc(-c2ccc3[nH]nc(C(=O)Nc4ccnc(N5CCCCC5)c4)c3c2)c1. The smallest absolute Gasteiger partial charge is 0.276 e. The topological polar surface area (TPSA) is 113 Å². The summed E-state index contributed by atoms with van der Waals surface area (Å²) in [7, 11) is 0. The normalized spacial score (nSPS) is 14.0. The van der Waals surface area contributed by atoms with Crippen molar-refractivity contribution in [2.45, 2.75) is 19.3 Å². The second-order valence-corrected chi connectivity index (χ2v) is 7.74. The molecule has 8 heteroatoms. The molecule has 0 radical (unpaired) electrons. The highest BCUT2D eigenvalue weighted by Gasteiger charge is 2.17. The van der Waals surface area contributed by atoms with Crippen molar-refractivity contribution < 1.29 is 4.79 Å². The number of nitrogens with zero attached hydrogens (tertiary/aromatic N) is 4. The van der Waals surface area contributed by atoms with E-state index < -0.39 is 0 Å². The van der Waals surface area contributed by atoms with Gasteiger partial charge in [-0.2, -0.15) is 5.10 Å². The van der Waals surface area contributed by atoms with E-state index in [0.29, 0.717) is 17.1 Å². The first-order valence-corrected chi connectivity index (χ1v) is 10.4. The van der Waals surface area contributed by atoms with Gasteiger partial charge in [0.2, 0.25) is 0 Å². The second kappa shape index (κ2) is 8.06. The van der Waals surface area contributed by atoms with Crippen LogP contribution in [0.5, 0.6) is 0 Å². The number of nitrogen functional groups attached to an aromatic ring is 1. The number of carbonyl (C=O) groups excluding carboxylic acids is 1. The Hall–Kier alpha value is -3.94. The molecule has 4 N–H and O–H groups in total. The summed E-state index contributed by atoms with van der Waals surface area (Å²) in [5.74, 6) is 0.616. The lowest BCUT2D eigenvalue weighted by Gasteiger charge is -2.27. The lowest BCUT2D eigenvalue weighted by Crippen LogP contribution is -2.30. The molecular weight excluding hydrogens is 390 g/mol. The van der Waals surface area contributed by atoms with Gasteiger partial charge in [-0.25, -0.2) is 4.98 Å². The molecule has 0 aliphatic carbocycles. The summed E-state index contributed by atoms with van der Waals surface area (Å²) in [5.41, 5.74) is 10.1. The third-order valence-corrected chi connectivity index (χ3v) is 5.55. The Kier molecular flexibility index (Phi) is 4.95. The Balaban J connectivity index is 1.42. The summed E-state index contributed by atoms with van der Waals surface area (Å²) in [6, 6.07) is 11.3. The molecule has 8 nitrogen and oxygen atoms in total. The van der Waals surface area contributed by atoms with E-state index in [1.54, 1.807) is 24.7 Å². The van der Waals surface area contributed by atoms with Gasteiger partial charge < -0.3 is 16.0 Å². The number of nitrogens with one attached hydrogen (secondary N) is 2. The second-order valence-electron chi connectivity index (χ2n) is 7.74. The number of amides is 1. The number of benzene rings is 1. The molecule has 0 atom stereocenters. The zero-order valence-corrected chi connectivity index (χ0v) is 17.0. The van der Waals surface area contributed by atoms with Crippen molar-refractivity contribution in [1.82, 2.24) is 20.2 Å².